The van der Waals surface area contributed by atoms with Gasteiger partial charge in [-0.1, -0.05) is 31.5 Å². The van der Waals surface area contributed by atoms with Crippen LogP contribution in [0.25, 0.3) is 0 Å². The van der Waals surface area contributed by atoms with E-state index in [-0.39, 0.29) is 18.4 Å². The summed E-state index contributed by atoms with van der Waals surface area (Å²) < 4.78 is 13.3. The molecule has 0 saturated carbocycles. The van der Waals surface area contributed by atoms with Crippen molar-refractivity contribution < 1.29 is 9.18 Å². The molecule has 1 aromatic rings. The zero-order valence-corrected chi connectivity index (χ0v) is 10.4. The number of hydrogen-bond donors (Lipinski definition) is 1. The van der Waals surface area contributed by atoms with Gasteiger partial charge in [-0.25, -0.2) is 9.18 Å². The third-order valence-electron chi connectivity index (χ3n) is 2.58. The Kier molecular flexibility index (Phi) is 5.46. The van der Waals surface area contributed by atoms with Crippen LogP contribution in [-0.4, -0.2) is 24.5 Å². The number of benzene rings is 1. The Bertz CT molecular complexity index is 368. The molecule has 0 bridgehead atoms. The maximum absolute atomic E-state index is 13.3. The van der Waals surface area contributed by atoms with E-state index in [0.29, 0.717) is 5.56 Å². The van der Waals surface area contributed by atoms with E-state index in [1.165, 1.54) is 6.07 Å². The predicted octanol–water partition coefficient (Wildman–Crippen LogP) is 2.77. The van der Waals surface area contributed by atoms with Crippen molar-refractivity contribution in [3.8, 4) is 0 Å². The van der Waals surface area contributed by atoms with E-state index in [4.69, 9.17) is 0 Å². The van der Waals surface area contributed by atoms with Crippen molar-refractivity contribution in [1.29, 1.82) is 0 Å². The predicted molar refractivity (Wildman–Crippen MR) is 66.2 cm³/mol. The van der Waals surface area contributed by atoms with Crippen LogP contribution < -0.4 is 5.32 Å². The molecule has 0 radical (unpaired) electrons. The van der Waals surface area contributed by atoms with Crippen LogP contribution in [0, 0.1) is 5.82 Å². The molecule has 0 atom stereocenters. The molecule has 2 amide bonds. The fraction of sp³-hybridized carbons (Fsp3) is 0.462. The van der Waals surface area contributed by atoms with Crippen LogP contribution in [0.2, 0.25) is 0 Å². The van der Waals surface area contributed by atoms with Crippen molar-refractivity contribution in [2.75, 3.05) is 13.6 Å². The smallest absolute Gasteiger partial charge is 0.317 e. The van der Waals surface area contributed by atoms with Gasteiger partial charge < -0.3 is 10.2 Å². The summed E-state index contributed by atoms with van der Waals surface area (Å²) >= 11 is 0. The summed E-state index contributed by atoms with van der Waals surface area (Å²) in [6.07, 6.45) is 2.02. The normalized spacial score (nSPS) is 10.1. The molecule has 0 aliphatic heterocycles. The SMILES string of the molecule is CCCCN(C)C(=O)NCc1ccccc1F. The summed E-state index contributed by atoms with van der Waals surface area (Å²) in [6.45, 7) is 3.02. The van der Waals surface area contributed by atoms with E-state index in [2.05, 4.69) is 12.2 Å². The van der Waals surface area contributed by atoms with Gasteiger partial charge in [-0.3, -0.25) is 0 Å². The molecular formula is C13H19FN2O. The number of urea groups is 1. The lowest BCUT2D eigenvalue weighted by Crippen LogP contribution is -2.37. The minimum absolute atomic E-state index is 0.165. The lowest BCUT2D eigenvalue weighted by molar-refractivity contribution is 0.207. The van der Waals surface area contributed by atoms with Crippen molar-refractivity contribution >= 4 is 6.03 Å². The van der Waals surface area contributed by atoms with Gasteiger partial charge in [-0.2, -0.15) is 0 Å². The van der Waals surface area contributed by atoms with Gasteiger partial charge in [0.1, 0.15) is 5.82 Å². The Morgan fingerprint density at radius 3 is 2.76 bits per heavy atom. The zero-order chi connectivity index (χ0) is 12.7. The summed E-state index contributed by atoms with van der Waals surface area (Å²) in [5, 5.41) is 2.70. The molecular weight excluding hydrogens is 219 g/mol. The number of carbonyl (C=O) groups excluding carboxylic acids is 1. The number of amides is 2. The van der Waals surface area contributed by atoms with Crippen molar-refractivity contribution in [3.63, 3.8) is 0 Å². The van der Waals surface area contributed by atoms with Crippen molar-refractivity contribution in [1.82, 2.24) is 10.2 Å². The Hall–Kier alpha value is -1.58. The van der Waals surface area contributed by atoms with E-state index >= 15 is 0 Å². The van der Waals surface area contributed by atoms with Gasteiger partial charge in [0.05, 0.1) is 0 Å². The molecule has 0 saturated heterocycles. The van der Waals surface area contributed by atoms with Crippen LogP contribution in [0.1, 0.15) is 25.3 Å². The minimum Gasteiger partial charge on any atom is -0.334 e. The van der Waals surface area contributed by atoms with Crippen molar-refractivity contribution in [3.05, 3.63) is 35.6 Å². The monoisotopic (exact) mass is 238 g/mol. The van der Waals surface area contributed by atoms with Gasteiger partial charge >= 0.3 is 6.03 Å². The summed E-state index contributed by atoms with van der Waals surface area (Å²) in [5.74, 6) is -0.288. The first-order valence-electron chi connectivity index (χ1n) is 5.87. The van der Waals surface area contributed by atoms with Gasteiger partial charge in [-0.15, -0.1) is 0 Å². The summed E-state index contributed by atoms with van der Waals surface area (Å²) in [6, 6.07) is 6.28. The molecule has 1 rings (SSSR count). The van der Waals surface area contributed by atoms with Crippen LogP contribution >= 0.6 is 0 Å². The molecule has 0 heterocycles. The molecule has 0 aliphatic carbocycles. The number of carbonyl (C=O) groups is 1. The highest BCUT2D eigenvalue weighted by atomic mass is 19.1. The van der Waals surface area contributed by atoms with Gasteiger partial charge in [-0.05, 0) is 12.5 Å². The quantitative estimate of drug-likeness (QED) is 0.840. The standard InChI is InChI=1S/C13H19FN2O/c1-3-4-9-16(2)13(17)15-10-11-7-5-6-8-12(11)14/h5-8H,3-4,9-10H2,1-2H3,(H,15,17). The first kappa shape index (κ1) is 13.5. The Morgan fingerprint density at radius 2 is 2.12 bits per heavy atom. The maximum atomic E-state index is 13.3. The van der Waals surface area contributed by atoms with Gasteiger partial charge in [0.2, 0.25) is 0 Å². The fourth-order valence-electron chi connectivity index (χ4n) is 1.44. The molecule has 1 N–H and O–H groups in total. The number of rotatable bonds is 5. The highest BCUT2D eigenvalue weighted by Gasteiger charge is 2.08. The largest absolute Gasteiger partial charge is 0.334 e. The third-order valence-corrected chi connectivity index (χ3v) is 2.58. The Labute approximate surface area is 102 Å². The number of halogens is 1. The topological polar surface area (TPSA) is 32.3 Å². The number of hydrogen-bond acceptors (Lipinski definition) is 1. The lowest BCUT2D eigenvalue weighted by atomic mass is 10.2. The fourth-order valence-corrected chi connectivity index (χ4v) is 1.44. The molecule has 4 heteroatoms. The van der Waals surface area contributed by atoms with E-state index in [9.17, 15) is 9.18 Å². The molecule has 17 heavy (non-hydrogen) atoms. The average molecular weight is 238 g/mol. The van der Waals surface area contributed by atoms with Gasteiger partial charge in [0, 0.05) is 25.7 Å². The zero-order valence-electron chi connectivity index (χ0n) is 10.4. The van der Waals surface area contributed by atoms with Crippen LogP contribution in [0.4, 0.5) is 9.18 Å². The van der Waals surface area contributed by atoms with E-state index in [1.807, 2.05) is 0 Å². The molecule has 1 aromatic carbocycles. The number of nitrogens with one attached hydrogen (secondary N) is 1. The highest BCUT2D eigenvalue weighted by Crippen LogP contribution is 2.05. The molecule has 0 spiro atoms. The number of nitrogens with zero attached hydrogens (tertiary/aromatic N) is 1. The molecule has 0 aromatic heterocycles. The molecule has 0 fully saturated rings. The first-order chi connectivity index (χ1) is 8.15. The molecule has 0 unspecified atom stereocenters. The second kappa shape index (κ2) is 6.89. The van der Waals surface area contributed by atoms with Gasteiger partial charge in [0.25, 0.3) is 0 Å². The van der Waals surface area contributed by atoms with Crippen LogP contribution in [0.3, 0.4) is 0 Å². The Morgan fingerprint density at radius 1 is 1.41 bits per heavy atom. The number of unbranched alkanes of at least 4 members (excludes halogenated alkanes) is 1. The lowest BCUT2D eigenvalue weighted by Gasteiger charge is -2.17. The minimum atomic E-state index is -0.288. The van der Waals surface area contributed by atoms with E-state index < -0.39 is 0 Å². The van der Waals surface area contributed by atoms with Crippen molar-refractivity contribution in [2.24, 2.45) is 0 Å². The molecule has 94 valence electrons. The Balaban J connectivity index is 2.40. The average Bonchev–Trinajstić information content (AvgIpc) is 2.34. The third kappa shape index (κ3) is 4.43. The molecule has 3 nitrogen and oxygen atoms in total. The first-order valence-corrected chi connectivity index (χ1v) is 5.87. The van der Waals surface area contributed by atoms with Crippen LogP contribution in [-0.2, 0) is 6.54 Å². The summed E-state index contributed by atoms with van der Waals surface area (Å²) in [5.41, 5.74) is 0.504. The van der Waals surface area contributed by atoms with Crippen molar-refractivity contribution in [2.45, 2.75) is 26.3 Å². The second-order valence-corrected chi connectivity index (χ2v) is 4.03. The summed E-state index contributed by atoms with van der Waals surface area (Å²) in [7, 11) is 1.74. The van der Waals surface area contributed by atoms with E-state index in [0.717, 1.165) is 19.4 Å². The highest BCUT2D eigenvalue weighted by molar-refractivity contribution is 5.73. The molecule has 0 aliphatic rings. The maximum Gasteiger partial charge on any atom is 0.317 e. The van der Waals surface area contributed by atoms with Crippen LogP contribution in [0.5, 0.6) is 0 Å². The van der Waals surface area contributed by atoms with E-state index in [1.54, 1.807) is 30.1 Å². The van der Waals surface area contributed by atoms with Gasteiger partial charge in [0.15, 0.2) is 0 Å². The summed E-state index contributed by atoms with van der Waals surface area (Å²) in [4.78, 5) is 13.2. The second-order valence-electron chi connectivity index (χ2n) is 4.03. The van der Waals surface area contributed by atoms with Crippen LogP contribution in [0.15, 0.2) is 24.3 Å².